The van der Waals surface area contributed by atoms with E-state index in [4.69, 9.17) is 5.73 Å². The Hall–Kier alpha value is -1.56. The van der Waals surface area contributed by atoms with Gasteiger partial charge in [-0.15, -0.1) is 0 Å². The normalized spacial score (nSPS) is 22.9. The van der Waals surface area contributed by atoms with Crippen molar-refractivity contribution < 1.29 is 18.0 Å². The van der Waals surface area contributed by atoms with Crippen molar-refractivity contribution in [2.24, 2.45) is 17.6 Å². The lowest BCUT2D eigenvalue weighted by atomic mass is 9.81. The summed E-state index contributed by atoms with van der Waals surface area (Å²) < 4.78 is 37.3. The number of benzene rings is 1. The highest BCUT2D eigenvalue weighted by Gasteiger charge is 2.30. The molecule has 2 rings (SSSR count). The largest absolute Gasteiger partial charge is 0.416 e. The van der Waals surface area contributed by atoms with E-state index in [-0.39, 0.29) is 11.8 Å². The average molecular weight is 300 g/mol. The first-order valence-corrected chi connectivity index (χ1v) is 7.08. The number of hydrogen-bond donors (Lipinski definition) is 2. The van der Waals surface area contributed by atoms with E-state index in [9.17, 15) is 18.0 Å². The Bertz CT molecular complexity index is 477. The van der Waals surface area contributed by atoms with Gasteiger partial charge in [-0.1, -0.05) is 0 Å². The molecular weight excluding hydrogens is 281 g/mol. The Labute approximate surface area is 121 Å². The van der Waals surface area contributed by atoms with Gasteiger partial charge in [-0.3, -0.25) is 4.79 Å². The first-order valence-electron chi connectivity index (χ1n) is 7.08. The summed E-state index contributed by atoms with van der Waals surface area (Å²) in [5.74, 6) is 0.292. The summed E-state index contributed by atoms with van der Waals surface area (Å²) in [5, 5.41) is 2.69. The number of carbonyl (C=O) groups excluding carboxylic acids is 1. The fourth-order valence-electron chi connectivity index (χ4n) is 2.65. The molecule has 0 radical (unpaired) electrons. The van der Waals surface area contributed by atoms with Crippen molar-refractivity contribution in [1.29, 1.82) is 0 Å². The number of amides is 1. The van der Waals surface area contributed by atoms with Gasteiger partial charge < -0.3 is 11.1 Å². The summed E-state index contributed by atoms with van der Waals surface area (Å²) >= 11 is 0. The first-order chi connectivity index (χ1) is 9.90. The maximum Gasteiger partial charge on any atom is 0.416 e. The molecule has 3 nitrogen and oxygen atoms in total. The maximum absolute atomic E-state index is 12.4. The Morgan fingerprint density at radius 2 is 1.71 bits per heavy atom. The molecule has 1 aromatic carbocycles. The van der Waals surface area contributed by atoms with Gasteiger partial charge in [0.15, 0.2) is 0 Å². The minimum Gasteiger partial charge on any atom is -0.330 e. The number of rotatable bonds is 3. The van der Waals surface area contributed by atoms with Gasteiger partial charge in [0.1, 0.15) is 0 Å². The molecule has 1 aliphatic rings. The molecule has 0 saturated heterocycles. The van der Waals surface area contributed by atoms with Crippen molar-refractivity contribution in [3.05, 3.63) is 29.8 Å². The topological polar surface area (TPSA) is 55.1 Å². The van der Waals surface area contributed by atoms with Crippen molar-refractivity contribution in [1.82, 2.24) is 0 Å². The SMILES string of the molecule is NCC1CCC(C(=O)Nc2ccc(C(F)(F)F)cc2)CC1. The van der Waals surface area contributed by atoms with Crippen LogP contribution in [0.1, 0.15) is 31.2 Å². The van der Waals surface area contributed by atoms with Gasteiger partial charge in [0.2, 0.25) is 5.91 Å². The third-order valence-electron chi connectivity index (χ3n) is 4.03. The molecule has 1 aliphatic carbocycles. The number of alkyl halides is 3. The summed E-state index contributed by atoms with van der Waals surface area (Å²) in [6.07, 6.45) is -0.922. The minimum atomic E-state index is -4.36. The number of hydrogen-bond acceptors (Lipinski definition) is 2. The van der Waals surface area contributed by atoms with Crippen LogP contribution in [-0.4, -0.2) is 12.5 Å². The summed E-state index contributed by atoms with van der Waals surface area (Å²) in [6.45, 7) is 0.646. The second-order valence-electron chi connectivity index (χ2n) is 5.52. The molecule has 0 spiro atoms. The van der Waals surface area contributed by atoms with Crippen LogP contribution in [0.4, 0.5) is 18.9 Å². The van der Waals surface area contributed by atoms with Crippen molar-refractivity contribution in [3.63, 3.8) is 0 Å². The van der Waals surface area contributed by atoms with Crippen LogP contribution in [0.5, 0.6) is 0 Å². The van der Waals surface area contributed by atoms with Crippen LogP contribution in [0, 0.1) is 11.8 Å². The Morgan fingerprint density at radius 1 is 1.14 bits per heavy atom. The third-order valence-corrected chi connectivity index (χ3v) is 4.03. The standard InChI is InChI=1S/C15H19F3N2O/c16-15(17,18)12-5-7-13(8-6-12)20-14(21)11-3-1-10(9-19)2-4-11/h5-8,10-11H,1-4,9,19H2,(H,20,21). The molecule has 1 saturated carbocycles. The molecule has 1 aromatic rings. The van der Waals surface area contributed by atoms with E-state index in [0.717, 1.165) is 37.8 Å². The molecule has 0 aromatic heterocycles. The van der Waals surface area contributed by atoms with Gasteiger partial charge in [-0.25, -0.2) is 0 Å². The zero-order valence-electron chi connectivity index (χ0n) is 11.6. The number of nitrogens with two attached hydrogens (primary N) is 1. The van der Waals surface area contributed by atoms with Crippen LogP contribution in [0.25, 0.3) is 0 Å². The maximum atomic E-state index is 12.4. The van der Waals surface area contributed by atoms with Crippen molar-refractivity contribution >= 4 is 11.6 Å². The number of carbonyl (C=O) groups is 1. The fraction of sp³-hybridized carbons (Fsp3) is 0.533. The van der Waals surface area contributed by atoms with E-state index in [2.05, 4.69) is 5.32 Å². The molecule has 1 fully saturated rings. The van der Waals surface area contributed by atoms with Crippen LogP contribution in [0.15, 0.2) is 24.3 Å². The highest BCUT2D eigenvalue weighted by Crippen LogP contribution is 2.31. The van der Waals surface area contributed by atoms with Gasteiger partial charge in [-0.05, 0) is 62.4 Å². The zero-order chi connectivity index (χ0) is 15.5. The number of nitrogens with one attached hydrogen (secondary N) is 1. The van der Waals surface area contributed by atoms with E-state index in [1.165, 1.54) is 12.1 Å². The monoisotopic (exact) mass is 300 g/mol. The van der Waals surface area contributed by atoms with E-state index < -0.39 is 11.7 Å². The quantitative estimate of drug-likeness (QED) is 0.899. The van der Waals surface area contributed by atoms with Crippen molar-refractivity contribution in [3.8, 4) is 0 Å². The molecule has 0 atom stereocenters. The molecule has 0 heterocycles. The first kappa shape index (κ1) is 15.8. The Morgan fingerprint density at radius 3 is 2.19 bits per heavy atom. The summed E-state index contributed by atoms with van der Waals surface area (Å²) in [5.41, 5.74) is 5.28. The number of halogens is 3. The minimum absolute atomic E-state index is 0.0740. The molecule has 0 aliphatic heterocycles. The van der Waals surface area contributed by atoms with Gasteiger partial charge in [0, 0.05) is 11.6 Å². The van der Waals surface area contributed by atoms with Crippen LogP contribution >= 0.6 is 0 Å². The molecule has 1 amide bonds. The molecule has 0 bridgehead atoms. The predicted molar refractivity (Wildman–Crippen MR) is 74.6 cm³/mol. The van der Waals surface area contributed by atoms with Crippen LogP contribution in [-0.2, 0) is 11.0 Å². The Kier molecular flexibility index (Phi) is 4.88. The zero-order valence-corrected chi connectivity index (χ0v) is 11.6. The van der Waals surface area contributed by atoms with E-state index in [0.29, 0.717) is 18.2 Å². The smallest absolute Gasteiger partial charge is 0.330 e. The second-order valence-corrected chi connectivity index (χ2v) is 5.52. The van der Waals surface area contributed by atoms with Gasteiger partial charge >= 0.3 is 6.18 Å². The summed E-state index contributed by atoms with van der Waals surface area (Å²) in [6, 6.07) is 4.51. The Balaban J connectivity index is 1.91. The van der Waals surface area contributed by atoms with Gasteiger partial charge in [0.25, 0.3) is 0 Å². The molecular formula is C15H19F3N2O. The lowest BCUT2D eigenvalue weighted by molar-refractivity contribution is -0.137. The van der Waals surface area contributed by atoms with Gasteiger partial charge in [0.05, 0.1) is 5.56 Å². The summed E-state index contributed by atoms with van der Waals surface area (Å²) in [7, 11) is 0. The highest BCUT2D eigenvalue weighted by atomic mass is 19.4. The predicted octanol–water partition coefficient (Wildman–Crippen LogP) is 3.41. The van der Waals surface area contributed by atoms with Crippen LogP contribution < -0.4 is 11.1 Å². The lowest BCUT2D eigenvalue weighted by Crippen LogP contribution is -2.29. The molecule has 0 unspecified atom stereocenters. The van der Waals surface area contributed by atoms with Crippen molar-refractivity contribution in [2.75, 3.05) is 11.9 Å². The van der Waals surface area contributed by atoms with Crippen molar-refractivity contribution in [2.45, 2.75) is 31.9 Å². The highest BCUT2D eigenvalue weighted by molar-refractivity contribution is 5.92. The van der Waals surface area contributed by atoms with E-state index in [1.54, 1.807) is 0 Å². The van der Waals surface area contributed by atoms with E-state index >= 15 is 0 Å². The molecule has 21 heavy (non-hydrogen) atoms. The average Bonchev–Trinajstić information content (AvgIpc) is 2.47. The van der Waals surface area contributed by atoms with Gasteiger partial charge in [-0.2, -0.15) is 13.2 Å². The molecule has 6 heteroatoms. The fourth-order valence-corrected chi connectivity index (χ4v) is 2.65. The number of anilines is 1. The molecule has 3 N–H and O–H groups in total. The van der Waals surface area contributed by atoms with Crippen LogP contribution in [0.3, 0.4) is 0 Å². The summed E-state index contributed by atoms with van der Waals surface area (Å²) in [4.78, 5) is 12.1. The second kappa shape index (κ2) is 6.47. The molecule has 116 valence electrons. The third kappa shape index (κ3) is 4.20. The van der Waals surface area contributed by atoms with E-state index in [1.807, 2.05) is 0 Å². The van der Waals surface area contributed by atoms with Crippen LogP contribution in [0.2, 0.25) is 0 Å². The lowest BCUT2D eigenvalue weighted by Gasteiger charge is -2.26.